The highest BCUT2D eigenvalue weighted by molar-refractivity contribution is 5.46. The first-order valence-corrected chi connectivity index (χ1v) is 9.96. The van der Waals surface area contributed by atoms with Crippen LogP contribution in [0.5, 0.6) is 11.5 Å². The molecule has 29 heavy (non-hydrogen) atoms. The van der Waals surface area contributed by atoms with Crippen molar-refractivity contribution in [3.63, 3.8) is 0 Å². The summed E-state index contributed by atoms with van der Waals surface area (Å²) in [5.41, 5.74) is 2.27. The number of rotatable bonds is 19. The second-order valence-corrected chi connectivity index (χ2v) is 6.25. The predicted octanol–water partition coefficient (Wildman–Crippen LogP) is 1.77. The maximum Gasteiger partial charge on any atom is 0.161 e. The molecule has 0 amide bonds. The van der Waals surface area contributed by atoms with Crippen molar-refractivity contribution in [2.75, 3.05) is 86.4 Å². The summed E-state index contributed by atoms with van der Waals surface area (Å²) in [5, 5.41) is 8.63. The molecular formula is C21H36O8. The maximum atomic E-state index is 8.63. The molecule has 0 atom stereocenters. The minimum atomic E-state index is 0.0197. The largest absolute Gasteiger partial charge is 0.487 e. The molecule has 168 valence electrons. The van der Waals surface area contributed by atoms with Gasteiger partial charge in [-0.25, -0.2) is 0 Å². The molecule has 0 aliphatic rings. The molecule has 1 N–H and O–H groups in total. The van der Waals surface area contributed by atoms with Crippen molar-refractivity contribution in [1.29, 1.82) is 0 Å². The van der Waals surface area contributed by atoms with E-state index >= 15 is 0 Å². The first-order chi connectivity index (χ1) is 14.2. The molecule has 0 aliphatic carbocycles. The second-order valence-electron chi connectivity index (χ2n) is 6.25. The molecule has 0 bridgehead atoms. The molecule has 0 spiro atoms. The van der Waals surface area contributed by atoms with E-state index in [1.54, 1.807) is 7.11 Å². The third-order valence-electron chi connectivity index (χ3n) is 3.94. The monoisotopic (exact) mass is 416 g/mol. The van der Waals surface area contributed by atoms with Crippen molar-refractivity contribution in [1.82, 2.24) is 0 Å². The van der Waals surface area contributed by atoms with E-state index in [-0.39, 0.29) is 6.61 Å². The Morgan fingerprint density at radius 1 is 0.586 bits per heavy atom. The van der Waals surface area contributed by atoms with Crippen LogP contribution in [-0.4, -0.2) is 91.5 Å². The lowest BCUT2D eigenvalue weighted by Gasteiger charge is -2.15. The molecule has 0 heterocycles. The van der Waals surface area contributed by atoms with Crippen LogP contribution in [0.4, 0.5) is 0 Å². The van der Waals surface area contributed by atoms with E-state index in [1.165, 1.54) is 0 Å². The Labute approximate surface area is 173 Å². The number of hydrogen-bond acceptors (Lipinski definition) is 8. The third kappa shape index (κ3) is 12.7. The van der Waals surface area contributed by atoms with E-state index in [4.69, 9.17) is 38.3 Å². The smallest absolute Gasteiger partial charge is 0.161 e. The van der Waals surface area contributed by atoms with Gasteiger partial charge in [0.25, 0.3) is 0 Å². The Morgan fingerprint density at radius 2 is 0.966 bits per heavy atom. The van der Waals surface area contributed by atoms with Gasteiger partial charge in [0, 0.05) is 7.11 Å². The summed E-state index contributed by atoms with van der Waals surface area (Å²) in [6.07, 6.45) is 0. The van der Waals surface area contributed by atoms with Crippen molar-refractivity contribution in [2.45, 2.75) is 13.8 Å². The standard InChI is InChI=1S/C21H36O8/c1-18-16-20(28-14-12-26-9-8-24-5-4-22)21(17-19(18)2)29-15-13-27-11-10-25-7-6-23-3/h16-17,22H,4-15H2,1-3H3. The zero-order valence-electron chi connectivity index (χ0n) is 17.9. The predicted molar refractivity (Wildman–Crippen MR) is 109 cm³/mol. The van der Waals surface area contributed by atoms with E-state index < -0.39 is 0 Å². The van der Waals surface area contributed by atoms with E-state index in [9.17, 15) is 0 Å². The molecule has 0 aliphatic heterocycles. The van der Waals surface area contributed by atoms with Crippen molar-refractivity contribution < 1.29 is 38.3 Å². The summed E-state index contributed by atoms with van der Waals surface area (Å²) < 4.78 is 38.0. The molecule has 0 radical (unpaired) electrons. The van der Waals surface area contributed by atoms with Crippen LogP contribution in [0.3, 0.4) is 0 Å². The van der Waals surface area contributed by atoms with Gasteiger partial charge < -0.3 is 38.3 Å². The molecular weight excluding hydrogens is 380 g/mol. The van der Waals surface area contributed by atoms with Crippen molar-refractivity contribution in [2.24, 2.45) is 0 Å². The highest BCUT2D eigenvalue weighted by Gasteiger charge is 2.08. The van der Waals surface area contributed by atoms with Crippen LogP contribution in [0.25, 0.3) is 0 Å². The topological polar surface area (TPSA) is 84.8 Å². The van der Waals surface area contributed by atoms with Crippen LogP contribution in [-0.2, 0) is 23.7 Å². The number of methoxy groups -OCH3 is 1. The van der Waals surface area contributed by atoms with Crippen molar-refractivity contribution in [3.8, 4) is 11.5 Å². The number of aryl methyl sites for hydroxylation is 2. The average molecular weight is 417 g/mol. The van der Waals surface area contributed by atoms with Crippen molar-refractivity contribution in [3.05, 3.63) is 23.3 Å². The van der Waals surface area contributed by atoms with E-state index in [0.717, 1.165) is 11.1 Å². The Balaban J connectivity index is 2.26. The summed E-state index contributed by atoms with van der Waals surface area (Å²) >= 11 is 0. The summed E-state index contributed by atoms with van der Waals surface area (Å²) in [5.74, 6) is 1.38. The molecule has 0 aromatic heterocycles. The highest BCUT2D eigenvalue weighted by atomic mass is 16.6. The number of hydrogen-bond donors (Lipinski definition) is 1. The Morgan fingerprint density at radius 3 is 1.38 bits per heavy atom. The molecule has 8 nitrogen and oxygen atoms in total. The fourth-order valence-corrected chi connectivity index (χ4v) is 2.26. The van der Waals surface area contributed by atoms with E-state index in [0.29, 0.717) is 84.2 Å². The summed E-state index contributed by atoms with van der Waals surface area (Å²) in [6.45, 7) is 9.29. The quantitative estimate of drug-likeness (QED) is 0.342. The zero-order chi connectivity index (χ0) is 21.2. The molecule has 0 fully saturated rings. The number of benzene rings is 1. The first kappa shape index (κ1) is 25.6. The number of ether oxygens (including phenoxy) is 7. The van der Waals surface area contributed by atoms with Crippen LogP contribution in [0.1, 0.15) is 11.1 Å². The lowest BCUT2D eigenvalue weighted by molar-refractivity contribution is 0.0172. The molecule has 0 unspecified atom stereocenters. The van der Waals surface area contributed by atoms with Crippen LogP contribution < -0.4 is 9.47 Å². The molecule has 0 saturated carbocycles. The lowest BCUT2D eigenvalue weighted by atomic mass is 10.1. The summed E-state index contributed by atoms with van der Waals surface area (Å²) in [7, 11) is 1.64. The molecule has 1 rings (SSSR count). The minimum Gasteiger partial charge on any atom is -0.487 e. The van der Waals surface area contributed by atoms with Crippen LogP contribution in [0.2, 0.25) is 0 Å². The van der Waals surface area contributed by atoms with Gasteiger partial charge in [-0.3, -0.25) is 0 Å². The lowest BCUT2D eigenvalue weighted by Crippen LogP contribution is -2.14. The fraction of sp³-hybridized carbons (Fsp3) is 0.714. The van der Waals surface area contributed by atoms with E-state index in [1.807, 2.05) is 26.0 Å². The Hall–Kier alpha value is -1.42. The number of aliphatic hydroxyl groups is 1. The normalized spacial score (nSPS) is 11.0. The van der Waals surface area contributed by atoms with Crippen LogP contribution in [0.15, 0.2) is 12.1 Å². The van der Waals surface area contributed by atoms with Gasteiger partial charge in [-0.1, -0.05) is 0 Å². The highest BCUT2D eigenvalue weighted by Crippen LogP contribution is 2.30. The third-order valence-corrected chi connectivity index (χ3v) is 3.94. The molecule has 1 aromatic rings. The fourth-order valence-electron chi connectivity index (χ4n) is 2.26. The number of aliphatic hydroxyl groups excluding tert-OH is 1. The van der Waals surface area contributed by atoms with Gasteiger partial charge in [-0.2, -0.15) is 0 Å². The van der Waals surface area contributed by atoms with Crippen LogP contribution >= 0.6 is 0 Å². The Kier molecular flexibility index (Phi) is 15.4. The van der Waals surface area contributed by atoms with Crippen LogP contribution in [0, 0.1) is 13.8 Å². The SMILES string of the molecule is COCCOCCOCCOc1cc(C)c(C)cc1OCCOCCOCCO. The van der Waals surface area contributed by atoms with E-state index in [2.05, 4.69) is 0 Å². The van der Waals surface area contributed by atoms with Gasteiger partial charge in [0.15, 0.2) is 11.5 Å². The van der Waals surface area contributed by atoms with Gasteiger partial charge in [0.1, 0.15) is 13.2 Å². The first-order valence-electron chi connectivity index (χ1n) is 9.96. The Bertz CT molecular complexity index is 524. The summed E-state index contributed by atoms with van der Waals surface area (Å²) in [6, 6.07) is 3.95. The van der Waals surface area contributed by atoms with Gasteiger partial charge in [0.05, 0.1) is 66.1 Å². The van der Waals surface area contributed by atoms with Gasteiger partial charge in [0.2, 0.25) is 0 Å². The van der Waals surface area contributed by atoms with Crippen molar-refractivity contribution >= 4 is 0 Å². The maximum absolute atomic E-state index is 8.63. The summed E-state index contributed by atoms with van der Waals surface area (Å²) in [4.78, 5) is 0. The molecule has 1 aromatic carbocycles. The minimum absolute atomic E-state index is 0.0197. The molecule has 0 saturated heterocycles. The van der Waals surface area contributed by atoms with Gasteiger partial charge in [-0.05, 0) is 37.1 Å². The van der Waals surface area contributed by atoms with Gasteiger partial charge >= 0.3 is 0 Å². The molecule has 8 heteroatoms. The zero-order valence-corrected chi connectivity index (χ0v) is 17.9. The second kappa shape index (κ2) is 17.4. The average Bonchev–Trinajstić information content (AvgIpc) is 2.71. The van der Waals surface area contributed by atoms with Gasteiger partial charge in [-0.15, -0.1) is 0 Å².